The second-order valence-electron chi connectivity index (χ2n) is 14.0. The van der Waals surface area contributed by atoms with Crippen molar-refractivity contribution in [3.05, 3.63) is 70.4 Å². The van der Waals surface area contributed by atoms with E-state index < -0.39 is 0 Å². The van der Waals surface area contributed by atoms with Gasteiger partial charge in [0.05, 0.1) is 13.2 Å². The van der Waals surface area contributed by atoms with Gasteiger partial charge in [-0.15, -0.1) is 0 Å². The lowest BCUT2D eigenvalue weighted by Gasteiger charge is -2.30. The van der Waals surface area contributed by atoms with Crippen LogP contribution in [0.4, 0.5) is 0 Å². The molecule has 244 valence electrons. The molecule has 1 aliphatic carbocycles. The summed E-state index contributed by atoms with van der Waals surface area (Å²) >= 11 is 0. The molecule has 43 heavy (non-hydrogen) atoms. The second-order valence-corrected chi connectivity index (χ2v) is 14.0. The first kappa shape index (κ1) is 37.5. The minimum absolute atomic E-state index is 0.699. The maximum absolute atomic E-state index is 5.50. The minimum atomic E-state index is 0.699. The van der Waals surface area contributed by atoms with Crippen molar-refractivity contribution in [1.29, 1.82) is 0 Å². The Bertz CT molecular complexity index is 936. The Morgan fingerprint density at radius 3 is 2.14 bits per heavy atom. The van der Waals surface area contributed by atoms with Gasteiger partial charge in [-0.25, -0.2) is 0 Å². The highest BCUT2D eigenvalue weighted by molar-refractivity contribution is 5.13. The monoisotopic (exact) mass is 593 g/mol. The van der Waals surface area contributed by atoms with Crippen LogP contribution in [0.3, 0.4) is 0 Å². The first-order valence-electron chi connectivity index (χ1n) is 17.7. The molecule has 3 nitrogen and oxygen atoms in total. The van der Waals surface area contributed by atoms with Crippen LogP contribution in [0.1, 0.15) is 125 Å². The zero-order valence-electron chi connectivity index (χ0n) is 29.2. The summed E-state index contributed by atoms with van der Waals surface area (Å²) in [5, 5.41) is 3.84. The van der Waals surface area contributed by atoms with Gasteiger partial charge in [-0.2, -0.15) is 0 Å². The summed E-state index contributed by atoms with van der Waals surface area (Å²) in [5.41, 5.74) is 9.04. The highest BCUT2D eigenvalue weighted by atomic mass is 16.5. The summed E-state index contributed by atoms with van der Waals surface area (Å²) in [7, 11) is 0. The Kier molecular flexibility index (Phi) is 19.9. The highest BCUT2D eigenvalue weighted by Crippen LogP contribution is 2.34. The number of rotatable bonds is 21. The number of nitrogens with zero attached hydrogens (tertiary/aromatic N) is 1. The summed E-state index contributed by atoms with van der Waals surface area (Å²) in [6, 6.07) is 0. The number of hydrogen-bond acceptors (Lipinski definition) is 3. The SMILES string of the molecule is C=C(CC/C=C(\C)CCC=C(C)C)CC[C@H]1C=C(CC/C=C(\C)CCC=C(C)C)C[C@@H](CNCCCN2CCOCC2)C1. The van der Waals surface area contributed by atoms with Gasteiger partial charge in [-0.3, -0.25) is 4.90 Å². The summed E-state index contributed by atoms with van der Waals surface area (Å²) < 4.78 is 5.50. The first-order chi connectivity index (χ1) is 20.7. The molecule has 2 atom stereocenters. The van der Waals surface area contributed by atoms with Crippen LogP contribution in [0.2, 0.25) is 0 Å². The molecule has 1 saturated heterocycles. The molecular formula is C40H68N2O. The third-order valence-corrected chi connectivity index (χ3v) is 9.02. The van der Waals surface area contributed by atoms with Crippen molar-refractivity contribution < 1.29 is 4.74 Å². The van der Waals surface area contributed by atoms with E-state index in [-0.39, 0.29) is 0 Å². The Hall–Kier alpha value is -1.68. The summed E-state index contributed by atoms with van der Waals surface area (Å²) in [6.07, 6.45) is 28.0. The van der Waals surface area contributed by atoms with E-state index in [0.29, 0.717) is 5.92 Å². The second kappa shape index (κ2) is 22.8. The largest absolute Gasteiger partial charge is 0.379 e. The van der Waals surface area contributed by atoms with Crippen LogP contribution in [0.25, 0.3) is 0 Å². The molecule has 2 rings (SSSR count). The average molecular weight is 593 g/mol. The van der Waals surface area contributed by atoms with Gasteiger partial charge in [0, 0.05) is 13.1 Å². The van der Waals surface area contributed by atoms with Crippen LogP contribution in [-0.2, 0) is 4.74 Å². The highest BCUT2D eigenvalue weighted by Gasteiger charge is 2.22. The van der Waals surface area contributed by atoms with Crippen molar-refractivity contribution in [2.75, 3.05) is 45.9 Å². The van der Waals surface area contributed by atoms with Gasteiger partial charge in [0.1, 0.15) is 0 Å². The third-order valence-electron chi connectivity index (χ3n) is 9.02. The van der Waals surface area contributed by atoms with E-state index in [1.54, 1.807) is 11.1 Å². The topological polar surface area (TPSA) is 24.5 Å². The predicted octanol–water partition coefficient (Wildman–Crippen LogP) is 10.5. The maximum atomic E-state index is 5.50. The first-order valence-corrected chi connectivity index (χ1v) is 17.7. The van der Waals surface area contributed by atoms with E-state index in [1.807, 2.05) is 0 Å². The smallest absolute Gasteiger partial charge is 0.0594 e. The molecule has 2 aliphatic rings. The van der Waals surface area contributed by atoms with Crippen LogP contribution in [0.5, 0.6) is 0 Å². The van der Waals surface area contributed by atoms with E-state index >= 15 is 0 Å². The molecule has 1 N–H and O–H groups in total. The van der Waals surface area contributed by atoms with Gasteiger partial charge < -0.3 is 10.1 Å². The van der Waals surface area contributed by atoms with Gasteiger partial charge >= 0.3 is 0 Å². The summed E-state index contributed by atoms with van der Waals surface area (Å²) in [5.74, 6) is 1.46. The molecule has 3 heteroatoms. The van der Waals surface area contributed by atoms with Crippen LogP contribution < -0.4 is 5.32 Å². The molecule has 0 aromatic carbocycles. The number of morpholine rings is 1. The lowest BCUT2D eigenvalue weighted by atomic mass is 9.78. The standard InChI is InChI=1S/C40H68N2O/c1-33(2)13-8-15-35(5)17-10-18-37(7)21-22-39-29-38(20-11-19-36(6)16-9-14-34(3)4)30-40(31-39)32-41-23-12-24-42-25-27-43-28-26-42/h13-14,17,19,29,39-41H,7-12,15-16,18,20-28,30-32H2,1-6H3/b35-17+,36-19+/t39-,40+/m0/s1. The molecule has 0 spiro atoms. The van der Waals surface area contributed by atoms with Crippen LogP contribution in [0, 0.1) is 11.8 Å². The van der Waals surface area contributed by atoms with Gasteiger partial charge in [0.25, 0.3) is 0 Å². The average Bonchev–Trinajstić information content (AvgIpc) is 2.96. The summed E-state index contributed by atoms with van der Waals surface area (Å²) in [6.45, 7) is 25.3. The maximum Gasteiger partial charge on any atom is 0.0594 e. The quantitative estimate of drug-likeness (QED) is 0.106. The molecule has 1 fully saturated rings. The fraction of sp³-hybridized carbons (Fsp3) is 0.700. The normalized spacial score (nSPS) is 20.1. The number of hydrogen-bond donors (Lipinski definition) is 1. The van der Waals surface area contributed by atoms with Gasteiger partial charge in [-0.1, -0.05) is 70.4 Å². The van der Waals surface area contributed by atoms with Crippen LogP contribution in [-0.4, -0.2) is 50.8 Å². The lowest BCUT2D eigenvalue weighted by Crippen LogP contribution is -2.38. The van der Waals surface area contributed by atoms with Crippen molar-refractivity contribution in [3.8, 4) is 0 Å². The molecule has 1 heterocycles. The van der Waals surface area contributed by atoms with E-state index in [1.165, 1.54) is 93.0 Å². The van der Waals surface area contributed by atoms with Crippen molar-refractivity contribution in [2.24, 2.45) is 11.8 Å². The van der Waals surface area contributed by atoms with E-state index in [2.05, 4.69) is 88.7 Å². The predicted molar refractivity (Wildman–Crippen MR) is 191 cm³/mol. The number of allylic oxidation sites excluding steroid dienone is 11. The minimum Gasteiger partial charge on any atom is -0.379 e. The molecule has 0 aromatic heterocycles. The van der Waals surface area contributed by atoms with Crippen LogP contribution >= 0.6 is 0 Å². The van der Waals surface area contributed by atoms with Crippen molar-refractivity contribution in [1.82, 2.24) is 10.2 Å². The Morgan fingerprint density at radius 2 is 1.49 bits per heavy atom. The fourth-order valence-corrected chi connectivity index (χ4v) is 6.37. The molecule has 0 unspecified atom stereocenters. The molecular weight excluding hydrogens is 524 g/mol. The zero-order chi connectivity index (χ0) is 31.3. The Balaban J connectivity index is 1.82. The molecule has 0 saturated carbocycles. The molecule has 0 bridgehead atoms. The third kappa shape index (κ3) is 19.3. The summed E-state index contributed by atoms with van der Waals surface area (Å²) in [4.78, 5) is 2.55. The van der Waals surface area contributed by atoms with Gasteiger partial charge in [0.15, 0.2) is 0 Å². The van der Waals surface area contributed by atoms with Gasteiger partial charge in [-0.05, 0) is 156 Å². The molecule has 0 amide bonds. The van der Waals surface area contributed by atoms with Crippen molar-refractivity contribution in [2.45, 2.75) is 125 Å². The zero-order valence-corrected chi connectivity index (χ0v) is 29.2. The van der Waals surface area contributed by atoms with Crippen LogP contribution in [0.15, 0.2) is 70.4 Å². The van der Waals surface area contributed by atoms with E-state index in [9.17, 15) is 0 Å². The number of ether oxygens (including phenoxy) is 1. The Labute approximate surface area is 267 Å². The number of nitrogens with one attached hydrogen (secondary N) is 1. The molecule has 0 radical (unpaired) electrons. The lowest BCUT2D eigenvalue weighted by molar-refractivity contribution is 0.0374. The fourth-order valence-electron chi connectivity index (χ4n) is 6.37. The van der Waals surface area contributed by atoms with Crippen molar-refractivity contribution in [3.63, 3.8) is 0 Å². The van der Waals surface area contributed by atoms with E-state index in [4.69, 9.17) is 4.74 Å². The van der Waals surface area contributed by atoms with Gasteiger partial charge in [0.2, 0.25) is 0 Å². The Morgan fingerprint density at radius 1 is 0.860 bits per heavy atom. The molecule has 1 aliphatic heterocycles. The van der Waals surface area contributed by atoms with Crippen molar-refractivity contribution >= 4 is 0 Å². The van der Waals surface area contributed by atoms with E-state index in [0.717, 1.165) is 64.6 Å². The molecule has 0 aromatic rings.